The molecule has 0 saturated carbocycles. The van der Waals surface area contributed by atoms with Gasteiger partial charge in [-0.05, 0) is 23.3 Å². The third-order valence-electron chi connectivity index (χ3n) is 5.56. The van der Waals surface area contributed by atoms with E-state index < -0.39 is 35.9 Å². The summed E-state index contributed by atoms with van der Waals surface area (Å²) in [6, 6.07) is 12.6. The summed E-state index contributed by atoms with van der Waals surface area (Å²) in [7, 11) is 1.22. The summed E-state index contributed by atoms with van der Waals surface area (Å²) in [6.07, 6.45) is 0.0712. The fourth-order valence-electron chi connectivity index (χ4n) is 3.79. The number of esters is 1. The molecule has 1 saturated heterocycles. The summed E-state index contributed by atoms with van der Waals surface area (Å²) in [5.41, 5.74) is 1.29. The molecule has 2 heterocycles. The molecule has 2 unspecified atom stereocenters. The average molecular weight is 525 g/mol. The van der Waals surface area contributed by atoms with Gasteiger partial charge < -0.3 is 25.2 Å². The largest absolute Gasteiger partial charge is 0.491 e. The Balaban J connectivity index is 1.57. The van der Waals surface area contributed by atoms with Crippen molar-refractivity contribution in [1.29, 1.82) is 0 Å². The summed E-state index contributed by atoms with van der Waals surface area (Å²) in [5.74, 6) is -1.36. The molecule has 12 heteroatoms. The van der Waals surface area contributed by atoms with Crippen molar-refractivity contribution in [2.24, 2.45) is 0 Å². The lowest BCUT2D eigenvalue weighted by molar-refractivity contribution is -0.134. The number of rotatable bonds is 10. The van der Waals surface area contributed by atoms with Gasteiger partial charge in [-0.25, -0.2) is 19.5 Å². The number of nitrogens with zero attached hydrogens (tertiary/aromatic N) is 2. The molecule has 1 aliphatic rings. The molecule has 2 aromatic carbocycles. The molecule has 4 rings (SSSR count). The maximum absolute atomic E-state index is 13.4. The van der Waals surface area contributed by atoms with E-state index in [2.05, 4.69) is 20.4 Å². The van der Waals surface area contributed by atoms with Gasteiger partial charge in [-0.3, -0.25) is 9.59 Å². The van der Waals surface area contributed by atoms with Crippen molar-refractivity contribution in [2.45, 2.75) is 18.5 Å². The van der Waals surface area contributed by atoms with E-state index in [1.54, 1.807) is 48.5 Å². The molecule has 2 atom stereocenters. The van der Waals surface area contributed by atoms with Gasteiger partial charge in [0.05, 0.1) is 13.7 Å². The van der Waals surface area contributed by atoms with E-state index in [4.69, 9.17) is 9.84 Å². The maximum Gasteiger partial charge on any atom is 0.357 e. The topological polar surface area (TPSA) is 147 Å². The van der Waals surface area contributed by atoms with Crippen molar-refractivity contribution in [3.8, 4) is 5.75 Å². The first-order chi connectivity index (χ1) is 17.9. The van der Waals surface area contributed by atoms with Crippen LogP contribution in [-0.4, -0.2) is 65.2 Å². The van der Waals surface area contributed by atoms with Gasteiger partial charge in [0.25, 0.3) is 5.91 Å². The molecule has 1 aliphatic heterocycles. The van der Waals surface area contributed by atoms with E-state index in [1.807, 2.05) is 6.07 Å². The summed E-state index contributed by atoms with van der Waals surface area (Å²) < 4.78 is 9.98. The lowest BCUT2D eigenvalue weighted by Gasteiger charge is -2.24. The summed E-state index contributed by atoms with van der Waals surface area (Å²) in [6.45, 7) is -0.00748. The molecule has 1 fully saturated rings. The quantitative estimate of drug-likeness (QED) is 0.270. The number of amides is 4. The lowest BCUT2D eigenvalue weighted by atomic mass is 10.0. The highest BCUT2D eigenvalue weighted by Crippen LogP contribution is 2.27. The number of hydrogen-bond acceptors (Lipinski definition) is 9. The first-order valence-electron chi connectivity index (χ1n) is 11.3. The molecule has 0 radical (unpaired) electrons. The van der Waals surface area contributed by atoms with Crippen LogP contribution < -0.4 is 15.4 Å². The Morgan fingerprint density at radius 1 is 1.16 bits per heavy atom. The zero-order valence-electron chi connectivity index (χ0n) is 19.7. The van der Waals surface area contributed by atoms with Crippen LogP contribution in [0.3, 0.4) is 0 Å². The molecule has 11 nitrogen and oxygen atoms in total. The minimum Gasteiger partial charge on any atom is -0.491 e. The summed E-state index contributed by atoms with van der Waals surface area (Å²) in [5, 5.41) is 15.7. The van der Waals surface area contributed by atoms with Crippen molar-refractivity contribution in [3.63, 3.8) is 0 Å². The highest BCUT2D eigenvalue weighted by molar-refractivity contribution is 7.14. The molecule has 3 aromatic rings. The van der Waals surface area contributed by atoms with Crippen molar-refractivity contribution in [2.75, 3.05) is 25.6 Å². The number of ether oxygens (including phenoxy) is 2. The van der Waals surface area contributed by atoms with Crippen molar-refractivity contribution >= 4 is 40.3 Å². The van der Waals surface area contributed by atoms with Gasteiger partial charge >= 0.3 is 12.0 Å². The molecule has 1 aromatic heterocycles. The average Bonchev–Trinajstić information content (AvgIpc) is 3.50. The number of aliphatic hydroxyl groups is 1. The number of urea groups is 1. The number of hydrogen-bond donors (Lipinski definition) is 3. The van der Waals surface area contributed by atoms with Crippen molar-refractivity contribution in [1.82, 2.24) is 15.2 Å². The summed E-state index contributed by atoms with van der Waals surface area (Å²) >= 11 is 1.02. The van der Waals surface area contributed by atoms with Crippen molar-refractivity contribution in [3.05, 3.63) is 76.8 Å². The van der Waals surface area contributed by atoms with Crippen LogP contribution in [0.15, 0.2) is 60.0 Å². The number of methoxy groups -OCH3 is 1. The van der Waals surface area contributed by atoms with Crippen LogP contribution in [0.1, 0.15) is 27.7 Å². The van der Waals surface area contributed by atoms with Gasteiger partial charge in [-0.2, -0.15) is 0 Å². The van der Waals surface area contributed by atoms with Gasteiger partial charge in [-0.1, -0.05) is 42.5 Å². The molecular weight excluding hydrogens is 500 g/mol. The first-order valence-corrected chi connectivity index (χ1v) is 12.1. The molecule has 3 N–H and O–H groups in total. The minimum absolute atomic E-state index is 0.0314. The van der Waals surface area contributed by atoms with Crippen molar-refractivity contribution < 1.29 is 33.8 Å². The SMILES string of the molecule is COC(=O)c1csc(NC(=O)C(Cc2ccccc2)N2C(=O)NC(c3ccc(OCCO)cc3)C2=O)n1. The number of thiazole rings is 1. The number of imide groups is 1. The number of carbonyl (C=O) groups excluding carboxylic acids is 4. The van der Waals surface area contributed by atoms with Crippen LogP contribution in [0.2, 0.25) is 0 Å². The van der Waals surface area contributed by atoms with Gasteiger partial charge in [0.15, 0.2) is 10.8 Å². The van der Waals surface area contributed by atoms with E-state index in [-0.39, 0.29) is 30.5 Å². The number of benzene rings is 2. The van der Waals surface area contributed by atoms with Gasteiger partial charge in [0.1, 0.15) is 24.4 Å². The molecule has 0 spiro atoms. The van der Waals surface area contributed by atoms with Crippen LogP contribution in [0.25, 0.3) is 0 Å². The third kappa shape index (κ3) is 5.93. The lowest BCUT2D eigenvalue weighted by Crippen LogP contribution is -2.49. The molecular formula is C25H24N4O7S. The molecule has 4 amide bonds. The molecule has 192 valence electrons. The van der Waals surface area contributed by atoms with E-state index in [9.17, 15) is 19.2 Å². The number of anilines is 1. The molecule has 0 aliphatic carbocycles. The second kappa shape index (κ2) is 11.6. The fourth-order valence-corrected chi connectivity index (χ4v) is 4.47. The Hall–Kier alpha value is -4.29. The van der Waals surface area contributed by atoms with Crippen LogP contribution >= 0.6 is 11.3 Å². The second-order valence-electron chi connectivity index (χ2n) is 7.96. The summed E-state index contributed by atoms with van der Waals surface area (Å²) in [4.78, 5) is 56.4. The van der Waals surface area contributed by atoms with Crippen LogP contribution in [0.5, 0.6) is 5.75 Å². The van der Waals surface area contributed by atoms with Gasteiger partial charge in [0, 0.05) is 11.8 Å². The Labute approximate surface area is 216 Å². The Morgan fingerprint density at radius 3 is 2.57 bits per heavy atom. The Bertz CT molecular complexity index is 1280. The van der Waals surface area contributed by atoms with E-state index in [1.165, 1.54) is 12.5 Å². The number of aromatic nitrogens is 1. The maximum atomic E-state index is 13.4. The number of nitrogens with one attached hydrogen (secondary N) is 2. The number of aliphatic hydroxyl groups excluding tert-OH is 1. The highest BCUT2D eigenvalue weighted by atomic mass is 32.1. The normalized spacial score (nSPS) is 15.7. The Morgan fingerprint density at radius 2 is 1.89 bits per heavy atom. The van der Waals surface area contributed by atoms with Crippen LogP contribution in [-0.2, 0) is 20.7 Å². The van der Waals surface area contributed by atoms with E-state index in [0.29, 0.717) is 11.3 Å². The third-order valence-corrected chi connectivity index (χ3v) is 6.32. The van der Waals surface area contributed by atoms with Gasteiger partial charge in [0.2, 0.25) is 5.91 Å². The standard InChI is InChI=1S/C25H24N4O7S/c1-35-23(33)18-14-37-24(26-18)28-21(31)19(13-15-5-3-2-4-6-15)29-22(32)20(27-25(29)34)16-7-9-17(10-8-16)36-12-11-30/h2-10,14,19-20,30H,11-13H2,1H3,(H,27,34)(H,26,28,31). The van der Waals surface area contributed by atoms with E-state index in [0.717, 1.165) is 21.8 Å². The van der Waals surface area contributed by atoms with Crippen LogP contribution in [0, 0.1) is 0 Å². The molecule has 0 bridgehead atoms. The fraction of sp³-hybridized carbons (Fsp3) is 0.240. The zero-order chi connectivity index (χ0) is 26.4. The van der Waals surface area contributed by atoms with Crippen LogP contribution in [0.4, 0.5) is 9.93 Å². The van der Waals surface area contributed by atoms with Gasteiger partial charge in [-0.15, -0.1) is 11.3 Å². The first kappa shape index (κ1) is 25.8. The smallest absolute Gasteiger partial charge is 0.357 e. The highest BCUT2D eigenvalue weighted by Gasteiger charge is 2.45. The Kier molecular flexibility index (Phi) is 8.11. The monoisotopic (exact) mass is 524 g/mol. The second-order valence-corrected chi connectivity index (χ2v) is 8.81. The molecule has 37 heavy (non-hydrogen) atoms. The number of carbonyl (C=O) groups is 4. The van der Waals surface area contributed by atoms with E-state index >= 15 is 0 Å². The zero-order valence-corrected chi connectivity index (χ0v) is 20.6. The predicted molar refractivity (Wildman–Crippen MR) is 133 cm³/mol. The minimum atomic E-state index is -1.18. The predicted octanol–water partition coefficient (Wildman–Crippen LogP) is 2.14.